The first kappa shape index (κ1) is 18.9. The van der Waals surface area contributed by atoms with E-state index in [0.29, 0.717) is 19.0 Å². The summed E-state index contributed by atoms with van der Waals surface area (Å²) in [7, 11) is 0. The molecule has 144 valence electrons. The molecule has 2 heterocycles. The Morgan fingerprint density at radius 2 is 1.86 bits per heavy atom. The van der Waals surface area contributed by atoms with Crippen molar-refractivity contribution in [3.8, 4) is 11.5 Å². The summed E-state index contributed by atoms with van der Waals surface area (Å²) >= 11 is 3.15. The summed E-state index contributed by atoms with van der Waals surface area (Å²) in [5.74, 6) is 1.87. The molecule has 0 aliphatic carbocycles. The molecule has 3 aromatic rings. The SMILES string of the molecule is O=C(CSc1ccc2c(c1)OCCCO2)N[C@H](c1ccccc1)c1cccs1. The average Bonchev–Trinajstić information content (AvgIpc) is 3.16. The lowest BCUT2D eigenvalue weighted by Gasteiger charge is -2.18. The molecule has 4 rings (SSSR count). The fraction of sp³-hybridized carbons (Fsp3) is 0.227. The van der Waals surface area contributed by atoms with Crippen LogP contribution in [0.1, 0.15) is 22.9 Å². The molecule has 1 atom stereocenters. The van der Waals surface area contributed by atoms with Crippen LogP contribution in [0.2, 0.25) is 0 Å². The van der Waals surface area contributed by atoms with Crippen molar-refractivity contribution in [2.24, 2.45) is 0 Å². The van der Waals surface area contributed by atoms with Gasteiger partial charge in [-0.05, 0) is 35.2 Å². The van der Waals surface area contributed by atoms with Gasteiger partial charge in [-0.25, -0.2) is 0 Å². The number of nitrogens with one attached hydrogen (secondary N) is 1. The molecule has 28 heavy (non-hydrogen) atoms. The Hall–Kier alpha value is -2.44. The quantitative estimate of drug-likeness (QED) is 0.586. The molecule has 0 bridgehead atoms. The van der Waals surface area contributed by atoms with Crippen molar-refractivity contribution >= 4 is 29.0 Å². The van der Waals surface area contributed by atoms with Crippen molar-refractivity contribution in [2.45, 2.75) is 17.4 Å². The van der Waals surface area contributed by atoms with Gasteiger partial charge in [-0.3, -0.25) is 4.79 Å². The third kappa shape index (κ3) is 4.69. The van der Waals surface area contributed by atoms with Crippen LogP contribution < -0.4 is 14.8 Å². The van der Waals surface area contributed by atoms with Gasteiger partial charge in [0.15, 0.2) is 11.5 Å². The number of rotatable bonds is 6. The van der Waals surface area contributed by atoms with E-state index in [9.17, 15) is 4.79 Å². The molecule has 0 fully saturated rings. The first-order chi connectivity index (χ1) is 13.8. The van der Waals surface area contributed by atoms with Gasteiger partial charge in [0.2, 0.25) is 5.91 Å². The van der Waals surface area contributed by atoms with E-state index in [4.69, 9.17) is 9.47 Å². The van der Waals surface area contributed by atoms with Gasteiger partial charge in [0.25, 0.3) is 0 Å². The maximum absolute atomic E-state index is 12.7. The fourth-order valence-electron chi connectivity index (χ4n) is 3.00. The van der Waals surface area contributed by atoms with Gasteiger partial charge in [-0.1, -0.05) is 36.4 Å². The van der Waals surface area contributed by atoms with Crippen LogP contribution in [0.5, 0.6) is 11.5 Å². The Morgan fingerprint density at radius 3 is 2.64 bits per heavy atom. The minimum Gasteiger partial charge on any atom is -0.490 e. The average molecular weight is 412 g/mol. The smallest absolute Gasteiger partial charge is 0.231 e. The van der Waals surface area contributed by atoms with Crippen LogP contribution >= 0.6 is 23.1 Å². The zero-order chi connectivity index (χ0) is 19.2. The molecule has 0 spiro atoms. The predicted molar refractivity (Wildman–Crippen MR) is 114 cm³/mol. The van der Waals surface area contributed by atoms with Gasteiger partial charge in [-0.15, -0.1) is 23.1 Å². The number of thiophene rings is 1. The molecule has 0 saturated carbocycles. The number of thioether (sulfide) groups is 1. The molecule has 1 aliphatic heterocycles. The summed E-state index contributed by atoms with van der Waals surface area (Å²) in [6.07, 6.45) is 0.878. The number of benzene rings is 2. The molecule has 1 amide bonds. The molecule has 6 heteroatoms. The van der Waals surface area contributed by atoms with Crippen LogP contribution in [0, 0.1) is 0 Å². The van der Waals surface area contributed by atoms with Crippen LogP contribution in [-0.4, -0.2) is 24.9 Å². The Morgan fingerprint density at radius 1 is 1.04 bits per heavy atom. The number of carbonyl (C=O) groups excluding carboxylic acids is 1. The molecule has 2 aromatic carbocycles. The topological polar surface area (TPSA) is 47.6 Å². The molecular formula is C22H21NO3S2. The molecule has 0 unspecified atom stereocenters. The molecular weight excluding hydrogens is 390 g/mol. The van der Waals surface area contributed by atoms with Gasteiger partial charge in [-0.2, -0.15) is 0 Å². The van der Waals surface area contributed by atoms with E-state index >= 15 is 0 Å². The van der Waals surface area contributed by atoms with Gasteiger partial charge < -0.3 is 14.8 Å². The van der Waals surface area contributed by atoms with Gasteiger partial charge in [0.05, 0.1) is 25.0 Å². The number of carbonyl (C=O) groups is 1. The summed E-state index contributed by atoms with van der Waals surface area (Å²) in [5, 5.41) is 5.20. The molecule has 1 aromatic heterocycles. The van der Waals surface area contributed by atoms with E-state index in [0.717, 1.165) is 33.3 Å². The summed E-state index contributed by atoms with van der Waals surface area (Å²) in [5.41, 5.74) is 1.08. The van der Waals surface area contributed by atoms with Crippen molar-refractivity contribution in [3.63, 3.8) is 0 Å². The highest BCUT2D eigenvalue weighted by Gasteiger charge is 2.18. The lowest BCUT2D eigenvalue weighted by atomic mass is 10.1. The second kappa shape index (κ2) is 9.17. The van der Waals surface area contributed by atoms with Gasteiger partial charge in [0.1, 0.15) is 0 Å². The second-order valence-electron chi connectivity index (χ2n) is 6.37. The van der Waals surface area contributed by atoms with E-state index < -0.39 is 0 Å². The largest absolute Gasteiger partial charge is 0.490 e. The second-order valence-corrected chi connectivity index (χ2v) is 8.40. The number of hydrogen-bond donors (Lipinski definition) is 1. The summed E-state index contributed by atoms with van der Waals surface area (Å²) < 4.78 is 11.4. The minimum atomic E-state index is -0.127. The summed E-state index contributed by atoms with van der Waals surface area (Å²) in [6.45, 7) is 1.33. The van der Waals surface area contributed by atoms with Crippen LogP contribution in [-0.2, 0) is 4.79 Å². The van der Waals surface area contributed by atoms with Crippen molar-refractivity contribution in [2.75, 3.05) is 19.0 Å². The standard InChI is InChI=1S/C22H21NO3S2/c24-21(15-28-17-9-10-18-19(14-17)26-12-5-11-25-18)23-22(20-8-4-13-27-20)16-6-2-1-3-7-16/h1-4,6-10,13-14,22H,5,11-12,15H2,(H,23,24)/t22-/m1/s1. The highest BCUT2D eigenvalue weighted by atomic mass is 32.2. The molecule has 0 saturated heterocycles. The van der Waals surface area contributed by atoms with Crippen LogP contribution in [0.4, 0.5) is 0 Å². The third-order valence-electron chi connectivity index (χ3n) is 4.35. The third-order valence-corrected chi connectivity index (χ3v) is 6.29. The highest BCUT2D eigenvalue weighted by molar-refractivity contribution is 8.00. The molecule has 0 radical (unpaired) electrons. The van der Waals surface area contributed by atoms with Crippen LogP contribution in [0.3, 0.4) is 0 Å². The van der Waals surface area contributed by atoms with Gasteiger partial charge >= 0.3 is 0 Å². The Kier molecular flexibility index (Phi) is 6.19. The fourth-order valence-corrected chi connectivity index (χ4v) is 4.54. The van der Waals surface area contributed by atoms with Crippen LogP contribution in [0.25, 0.3) is 0 Å². The summed E-state index contributed by atoms with van der Waals surface area (Å²) in [6, 6.07) is 19.8. The Labute approximate surface area is 172 Å². The number of amides is 1. The van der Waals surface area contributed by atoms with E-state index in [2.05, 4.69) is 11.4 Å². The van der Waals surface area contributed by atoms with Crippen molar-refractivity contribution in [3.05, 3.63) is 76.5 Å². The maximum Gasteiger partial charge on any atom is 0.231 e. The van der Waals surface area contributed by atoms with E-state index in [1.54, 1.807) is 11.3 Å². The zero-order valence-electron chi connectivity index (χ0n) is 15.3. The monoisotopic (exact) mass is 411 g/mol. The molecule has 4 nitrogen and oxygen atoms in total. The lowest BCUT2D eigenvalue weighted by Crippen LogP contribution is -2.30. The maximum atomic E-state index is 12.7. The highest BCUT2D eigenvalue weighted by Crippen LogP contribution is 2.34. The van der Waals surface area contributed by atoms with Crippen LogP contribution in [0.15, 0.2) is 70.9 Å². The Balaban J connectivity index is 1.41. The van der Waals surface area contributed by atoms with Crippen molar-refractivity contribution < 1.29 is 14.3 Å². The Bertz CT molecular complexity index is 913. The predicted octanol–water partition coefficient (Wildman–Crippen LogP) is 4.91. The molecule has 1 N–H and O–H groups in total. The first-order valence-electron chi connectivity index (χ1n) is 9.20. The number of ether oxygens (including phenoxy) is 2. The van der Waals surface area contributed by atoms with E-state index in [-0.39, 0.29) is 11.9 Å². The minimum absolute atomic E-state index is 0.000589. The van der Waals surface area contributed by atoms with Gasteiger partial charge in [0, 0.05) is 16.2 Å². The van der Waals surface area contributed by atoms with E-state index in [1.165, 1.54) is 11.8 Å². The number of hydrogen-bond acceptors (Lipinski definition) is 5. The van der Waals surface area contributed by atoms with E-state index in [1.807, 2.05) is 60.0 Å². The molecule has 1 aliphatic rings. The summed E-state index contributed by atoms with van der Waals surface area (Å²) in [4.78, 5) is 14.8. The van der Waals surface area contributed by atoms with Crippen molar-refractivity contribution in [1.29, 1.82) is 0 Å². The first-order valence-corrected chi connectivity index (χ1v) is 11.1. The normalized spacial score (nSPS) is 14.1. The number of fused-ring (bicyclic) bond motifs is 1. The lowest BCUT2D eigenvalue weighted by molar-refractivity contribution is -0.119. The van der Waals surface area contributed by atoms with Crippen molar-refractivity contribution in [1.82, 2.24) is 5.32 Å². The zero-order valence-corrected chi connectivity index (χ0v) is 16.9.